The van der Waals surface area contributed by atoms with Gasteiger partial charge in [0.15, 0.2) is 0 Å². The van der Waals surface area contributed by atoms with E-state index in [0.29, 0.717) is 0 Å². The summed E-state index contributed by atoms with van der Waals surface area (Å²) in [6.07, 6.45) is 7.07. The molecule has 0 aliphatic rings. The van der Waals surface area contributed by atoms with Crippen molar-refractivity contribution in [1.82, 2.24) is 19.9 Å². The zero-order chi connectivity index (χ0) is 31.6. The molecule has 2 N–H and O–H groups in total. The molecule has 0 bridgehead atoms. The summed E-state index contributed by atoms with van der Waals surface area (Å²) in [5.41, 5.74) is 3.79. The fourth-order valence-electron chi connectivity index (χ4n) is 3.25. The van der Waals surface area contributed by atoms with E-state index in [4.69, 9.17) is 10.2 Å². The number of rotatable bonds is 4. The zero-order valence-electron chi connectivity index (χ0n) is 23.6. The van der Waals surface area contributed by atoms with E-state index in [2.05, 4.69) is 19.9 Å². The van der Waals surface area contributed by atoms with Crippen LogP contribution in [-0.2, 0) is 17.1 Å². The first-order valence-corrected chi connectivity index (χ1v) is 13.0. The summed E-state index contributed by atoms with van der Waals surface area (Å²) in [4.78, 5) is 37.0. The van der Waals surface area contributed by atoms with Crippen LogP contribution in [0, 0.1) is 0 Å². The van der Waals surface area contributed by atoms with Crippen LogP contribution in [0.3, 0.4) is 0 Å². The van der Waals surface area contributed by atoms with Crippen molar-refractivity contribution in [2.75, 3.05) is 0 Å². The van der Waals surface area contributed by atoms with Gasteiger partial charge in [0.2, 0.25) is 0 Å². The Kier molecular flexibility index (Phi) is 15.2. The molecule has 2 aromatic carbocycles. The SMILES string of the molecule is O=C([O-])c1ccc(O)cc1.O=C([O-])c1ccc(O)cc1.[Mn+2].c1ccc(-c2ccccn2)nc1.c1ccc(-c2ccccn2)nc1. The van der Waals surface area contributed by atoms with Crippen LogP contribution in [0.25, 0.3) is 22.8 Å². The first-order valence-electron chi connectivity index (χ1n) is 13.0. The number of hydrogen-bond donors (Lipinski definition) is 2. The molecule has 0 saturated heterocycles. The van der Waals surface area contributed by atoms with E-state index in [1.54, 1.807) is 24.8 Å². The quantitative estimate of drug-likeness (QED) is 0.270. The van der Waals surface area contributed by atoms with Gasteiger partial charge < -0.3 is 30.0 Å². The zero-order valence-corrected chi connectivity index (χ0v) is 24.7. The number of phenolic OH excluding ortho intramolecular Hbond substituents is 2. The fourth-order valence-corrected chi connectivity index (χ4v) is 3.25. The van der Waals surface area contributed by atoms with E-state index in [0.717, 1.165) is 22.8 Å². The predicted octanol–water partition coefficient (Wildman–Crippen LogP) is 3.80. The minimum atomic E-state index is -1.24. The van der Waals surface area contributed by atoms with E-state index < -0.39 is 11.9 Å². The van der Waals surface area contributed by atoms with Gasteiger partial charge in [0, 0.05) is 24.8 Å². The molecule has 0 unspecified atom stereocenters. The molecule has 225 valence electrons. The van der Waals surface area contributed by atoms with Crippen molar-refractivity contribution in [2.45, 2.75) is 0 Å². The Bertz CT molecular complexity index is 1490. The van der Waals surface area contributed by atoms with E-state index in [1.165, 1.54) is 48.5 Å². The number of benzene rings is 2. The van der Waals surface area contributed by atoms with Crippen molar-refractivity contribution in [1.29, 1.82) is 0 Å². The van der Waals surface area contributed by atoms with Gasteiger partial charge >= 0.3 is 17.1 Å². The molecule has 0 atom stereocenters. The number of aromatic hydroxyl groups is 2. The standard InChI is InChI=1S/2C10H8N2.2C7H6O3.Mn/c2*1-3-7-11-9(5-1)10-6-2-4-8-12-10;2*8-6-3-1-5(2-4-6)7(9)10;/h2*1-8H;2*1-4,8H,(H,9,10);/q;;;;+2/p-2. The van der Waals surface area contributed by atoms with Gasteiger partial charge in [0.1, 0.15) is 11.5 Å². The molecule has 0 aliphatic carbocycles. The minimum absolute atomic E-state index is 0. The van der Waals surface area contributed by atoms with Crippen molar-refractivity contribution in [3.05, 3.63) is 157 Å². The first kappa shape index (κ1) is 35.3. The second-order valence-electron chi connectivity index (χ2n) is 8.53. The van der Waals surface area contributed by atoms with Gasteiger partial charge in [-0.15, -0.1) is 0 Å². The van der Waals surface area contributed by atoms with E-state index in [-0.39, 0.29) is 39.7 Å². The smallest absolute Gasteiger partial charge is 0.545 e. The summed E-state index contributed by atoms with van der Waals surface area (Å²) < 4.78 is 0. The van der Waals surface area contributed by atoms with Crippen LogP contribution < -0.4 is 10.2 Å². The van der Waals surface area contributed by atoms with Crippen LogP contribution in [0.4, 0.5) is 0 Å². The average Bonchev–Trinajstić information content (AvgIpc) is 3.08. The Hall–Kier alpha value is -5.90. The Morgan fingerprint density at radius 3 is 0.844 bits per heavy atom. The van der Waals surface area contributed by atoms with Crippen LogP contribution in [0.5, 0.6) is 11.5 Å². The monoisotopic (exact) mass is 641 g/mol. The van der Waals surface area contributed by atoms with Gasteiger partial charge in [-0.1, -0.05) is 24.3 Å². The first-order chi connectivity index (χ1) is 21.3. The van der Waals surface area contributed by atoms with Gasteiger partial charge in [-0.2, -0.15) is 0 Å². The van der Waals surface area contributed by atoms with Gasteiger partial charge in [-0.25, -0.2) is 0 Å². The number of carbonyl (C=O) groups excluding carboxylic acids is 2. The minimum Gasteiger partial charge on any atom is -0.545 e. The van der Waals surface area contributed by atoms with Gasteiger partial charge in [0.05, 0.1) is 34.7 Å². The summed E-state index contributed by atoms with van der Waals surface area (Å²) >= 11 is 0. The fraction of sp³-hybridized carbons (Fsp3) is 0. The summed E-state index contributed by atoms with van der Waals surface area (Å²) in [5, 5.41) is 37.7. The summed E-state index contributed by atoms with van der Waals surface area (Å²) in [7, 11) is 0. The molecule has 45 heavy (non-hydrogen) atoms. The topological polar surface area (TPSA) is 172 Å². The van der Waals surface area contributed by atoms with Gasteiger partial charge in [0.25, 0.3) is 0 Å². The number of carboxylic acid groups (broad SMARTS) is 2. The number of phenols is 2. The van der Waals surface area contributed by atoms with E-state index in [9.17, 15) is 19.8 Å². The third-order valence-electron chi connectivity index (χ3n) is 5.39. The van der Waals surface area contributed by atoms with E-state index in [1.807, 2.05) is 72.8 Å². The van der Waals surface area contributed by atoms with Crippen molar-refractivity contribution in [3.8, 4) is 34.3 Å². The number of carboxylic acids is 2. The van der Waals surface area contributed by atoms with Crippen molar-refractivity contribution in [3.63, 3.8) is 0 Å². The summed E-state index contributed by atoms with van der Waals surface area (Å²) in [6.45, 7) is 0. The summed E-state index contributed by atoms with van der Waals surface area (Å²) in [5.74, 6) is -2.38. The average molecular weight is 642 g/mol. The molecule has 0 saturated carbocycles. The largest absolute Gasteiger partial charge is 2.00 e. The van der Waals surface area contributed by atoms with E-state index >= 15 is 0 Å². The molecule has 0 spiro atoms. The maximum absolute atomic E-state index is 10.1. The molecule has 6 aromatic rings. The van der Waals surface area contributed by atoms with Crippen molar-refractivity contribution in [2.24, 2.45) is 0 Å². The molecule has 0 fully saturated rings. The van der Waals surface area contributed by atoms with Gasteiger partial charge in [-0.3, -0.25) is 19.9 Å². The maximum atomic E-state index is 10.1. The van der Waals surface area contributed by atoms with Crippen LogP contribution in [0.1, 0.15) is 20.7 Å². The van der Waals surface area contributed by atoms with Crippen LogP contribution in [-0.4, -0.2) is 42.1 Å². The Labute approximate surface area is 269 Å². The molecular weight excluding hydrogens is 615 g/mol. The van der Waals surface area contributed by atoms with Crippen LogP contribution in [0.15, 0.2) is 146 Å². The molecular formula is C34H26MnN4O6. The Morgan fingerprint density at radius 1 is 0.422 bits per heavy atom. The Morgan fingerprint density at radius 2 is 0.667 bits per heavy atom. The number of carbonyl (C=O) groups is 2. The molecule has 1 radical (unpaired) electrons. The molecule has 4 heterocycles. The number of nitrogens with zero attached hydrogens (tertiary/aromatic N) is 4. The molecule has 4 aromatic heterocycles. The van der Waals surface area contributed by atoms with Crippen molar-refractivity contribution >= 4 is 11.9 Å². The molecule has 0 amide bonds. The normalized spacial score (nSPS) is 9.24. The maximum Gasteiger partial charge on any atom is 2.00 e. The predicted molar refractivity (Wildman–Crippen MR) is 160 cm³/mol. The third-order valence-corrected chi connectivity index (χ3v) is 5.39. The number of hydrogen-bond acceptors (Lipinski definition) is 10. The second-order valence-corrected chi connectivity index (χ2v) is 8.53. The second kappa shape index (κ2) is 19.3. The molecule has 6 rings (SSSR count). The van der Waals surface area contributed by atoms with Crippen LogP contribution >= 0.6 is 0 Å². The number of aromatic carboxylic acids is 2. The third kappa shape index (κ3) is 12.9. The summed E-state index contributed by atoms with van der Waals surface area (Å²) in [6, 6.07) is 33.5. The van der Waals surface area contributed by atoms with Gasteiger partial charge in [-0.05, 0) is 108 Å². The Balaban J connectivity index is 0.000000208. The van der Waals surface area contributed by atoms with Crippen molar-refractivity contribution < 1.29 is 47.1 Å². The molecule has 0 aliphatic heterocycles. The molecule has 10 nitrogen and oxygen atoms in total. The number of pyridine rings is 4. The number of aromatic nitrogens is 4. The van der Waals surface area contributed by atoms with Crippen LogP contribution in [0.2, 0.25) is 0 Å². The molecule has 11 heteroatoms.